The van der Waals surface area contributed by atoms with Crippen molar-refractivity contribution in [3.63, 3.8) is 0 Å². The van der Waals surface area contributed by atoms with Gasteiger partial charge >= 0.3 is 0 Å². The second-order valence-electron chi connectivity index (χ2n) is 7.44. The van der Waals surface area contributed by atoms with Gasteiger partial charge in [0.25, 0.3) is 0 Å². The molecule has 3 heteroatoms. The van der Waals surface area contributed by atoms with Gasteiger partial charge in [-0.2, -0.15) is 5.10 Å². The molecule has 0 spiro atoms. The van der Waals surface area contributed by atoms with Crippen LogP contribution >= 0.6 is 11.6 Å². The summed E-state index contributed by atoms with van der Waals surface area (Å²) >= 11 is 6.76. The molecule has 2 nitrogen and oxygen atoms in total. The zero-order chi connectivity index (χ0) is 21.0. The molecule has 5 rings (SSSR count). The minimum absolute atomic E-state index is 0.685. The van der Waals surface area contributed by atoms with E-state index < -0.39 is 0 Å². The molecule has 0 fully saturated rings. The van der Waals surface area contributed by atoms with Gasteiger partial charge in [0.15, 0.2) is 0 Å². The Balaban J connectivity index is 1.65. The number of rotatable bonds is 5. The summed E-state index contributed by atoms with van der Waals surface area (Å²) in [4.78, 5) is 0. The number of halogens is 1. The molecule has 0 amide bonds. The Bertz CT molecular complexity index is 1300. The molecule has 31 heavy (non-hydrogen) atoms. The molecule has 0 aliphatic heterocycles. The highest BCUT2D eigenvalue weighted by molar-refractivity contribution is 6.42. The quantitative estimate of drug-likeness (QED) is 0.162. The Morgan fingerprint density at radius 1 is 0.613 bits per heavy atom. The summed E-state index contributed by atoms with van der Waals surface area (Å²) in [5, 5.41) is 12.1. The van der Waals surface area contributed by atoms with Gasteiger partial charge in [0.1, 0.15) is 0 Å². The van der Waals surface area contributed by atoms with Crippen LogP contribution in [0.4, 0.5) is 5.69 Å². The summed E-state index contributed by atoms with van der Waals surface area (Å²) < 4.78 is 0. The number of para-hydroxylation sites is 1. The Hall–Kier alpha value is -3.62. The van der Waals surface area contributed by atoms with Gasteiger partial charge in [0, 0.05) is 16.3 Å². The molecular formula is C28H21ClN2. The minimum Gasteiger partial charge on any atom is -0.261 e. The number of hydrogen-bond donors (Lipinski definition) is 0. The third kappa shape index (κ3) is 3.90. The highest BCUT2D eigenvalue weighted by Gasteiger charge is 2.12. The minimum atomic E-state index is 0.685. The predicted molar refractivity (Wildman–Crippen MR) is 133 cm³/mol. The van der Waals surface area contributed by atoms with Crippen LogP contribution in [0.15, 0.2) is 114 Å². The molecule has 0 unspecified atom stereocenters. The maximum atomic E-state index is 6.76. The third-order valence-corrected chi connectivity index (χ3v) is 5.87. The van der Waals surface area contributed by atoms with Crippen LogP contribution in [0.1, 0.15) is 11.1 Å². The van der Waals surface area contributed by atoms with Crippen LogP contribution in [0.2, 0.25) is 5.02 Å². The van der Waals surface area contributed by atoms with Crippen molar-refractivity contribution >= 4 is 45.0 Å². The van der Waals surface area contributed by atoms with Crippen molar-refractivity contribution in [3.8, 4) is 0 Å². The molecule has 0 N–H and O–H groups in total. The van der Waals surface area contributed by atoms with E-state index in [4.69, 9.17) is 16.7 Å². The van der Waals surface area contributed by atoms with E-state index in [9.17, 15) is 0 Å². The first-order chi connectivity index (χ1) is 15.3. The SMILES string of the molecule is Clc1c2ccccc2c(C=NN(Cc2ccccc2)c2ccccc2)c2ccccc12. The molecule has 5 aromatic rings. The van der Waals surface area contributed by atoms with E-state index in [2.05, 4.69) is 60.7 Å². The highest BCUT2D eigenvalue weighted by Crippen LogP contribution is 2.35. The lowest BCUT2D eigenvalue weighted by Crippen LogP contribution is -2.16. The van der Waals surface area contributed by atoms with E-state index in [1.165, 1.54) is 5.56 Å². The largest absolute Gasteiger partial charge is 0.261 e. The molecule has 0 bridgehead atoms. The van der Waals surface area contributed by atoms with Gasteiger partial charge in [-0.05, 0) is 28.5 Å². The maximum Gasteiger partial charge on any atom is 0.0666 e. The predicted octanol–water partition coefficient (Wildman–Crippen LogP) is 7.69. The van der Waals surface area contributed by atoms with Crippen LogP contribution in [0.5, 0.6) is 0 Å². The van der Waals surface area contributed by atoms with Crippen molar-refractivity contribution in [2.75, 3.05) is 5.01 Å². The first-order valence-electron chi connectivity index (χ1n) is 10.3. The van der Waals surface area contributed by atoms with Gasteiger partial charge in [0.2, 0.25) is 0 Å². The van der Waals surface area contributed by atoms with Crippen LogP contribution in [0, 0.1) is 0 Å². The molecule has 150 valence electrons. The molecule has 0 heterocycles. The fourth-order valence-corrected chi connectivity index (χ4v) is 4.26. The first-order valence-corrected chi connectivity index (χ1v) is 10.7. The Morgan fingerprint density at radius 2 is 1.10 bits per heavy atom. The van der Waals surface area contributed by atoms with Gasteiger partial charge in [-0.1, -0.05) is 109 Å². The summed E-state index contributed by atoms with van der Waals surface area (Å²) in [6.45, 7) is 0.685. The number of hydrazone groups is 1. The number of fused-ring (bicyclic) bond motifs is 2. The molecule has 0 atom stereocenters. The lowest BCUT2D eigenvalue weighted by Gasteiger charge is -2.20. The number of nitrogens with zero attached hydrogens (tertiary/aromatic N) is 2. The van der Waals surface area contributed by atoms with Gasteiger partial charge in [-0.15, -0.1) is 0 Å². The van der Waals surface area contributed by atoms with E-state index in [1.54, 1.807) is 0 Å². The van der Waals surface area contributed by atoms with Crippen molar-refractivity contribution in [1.82, 2.24) is 0 Å². The van der Waals surface area contributed by atoms with Crippen molar-refractivity contribution in [2.45, 2.75) is 6.54 Å². The molecule has 0 aliphatic carbocycles. The Kier molecular flexibility index (Phi) is 5.39. The molecule has 5 aromatic carbocycles. The van der Waals surface area contributed by atoms with E-state index in [0.717, 1.165) is 37.8 Å². The van der Waals surface area contributed by atoms with Gasteiger partial charge < -0.3 is 0 Å². The van der Waals surface area contributed by atoms with Crippen LogP contribution in [0.25, 0.3) is 21.5 Å². The summed E-state index contributed by atoms with van der Waals surface area (Å²) in [5.41, 5.74) is 3.32. The topological polar surface area (TPSA) is 15.6 Å². The van der Waals surface area contributed by atoms with Crippen molar-refractivity contribution in [3.05, 3.63) is 125 Å². The van der Waals surface area contributed by atoms with Gasteiger partial charge in [0.05, 0.1) is 23.5 Å². The fourth-order valence-electron chi connectivity index (χ4n) is 3.93. The molecule has 0 aliphatic rings. The van der Waals surface area contributed by atoms with Gasteiger partial charge in [-0.25, -0.2) is 0 Å². The van der Waals surface area contributed by atoms with E-state index in [1.807, 2.05) is 59.8 Å². The Morgan fingerprint density at radius 3 is 1.68 bits per heavy atom. The van der Waals surface area contributed by atoms with Crippen molar-refractivity contribution in [2.24, 2.45) is 5.10 Å². The zero-order valence-electron chi connectivity index (χ0n) is 16.9. The number of benzene rings is 5. The van der Waals surface area contributed by atoms with E-state index in [0.29, 0.717) is 6.54 Å². The average molecular weight is 421 g/mol. The summed E-state index contributed by atoms with van der Waals surface area (Å²) in [6.07, 6.45) is 1.97. The summed E-state index contributed by atoms with van der Waals surface area (Å²) in [6, 6.07) is 37.2. The van der Waals surface area contributed by atoms with E-state index >= 15 is 0 Å². The molecule has 0 saturated carbocycles. The van der Waals surface area contributed by atoms with Crippen LogP contribution < -0.4 is 5.01 Å². The Labute approximate surface area is 187 Å². The smallest absolute Gasteiger partial charge is 0.0666 e. The van der Waals surface area contributed by atoms with Crippen LogP contribution in [0.3, 0.4) is 0 Å². The summed E-state index contributed by atoms with van der Waals surface area (Å²) in [7, 11) is 0. The first kappa shape index (κ1) is 19.3. The molecule has 0 saturated heterocycles. The van der Waals surface area contributed by atoms with Crippen molar-refractivity contribution in [1.29, 1.82) is 0 Å². The van der Waals surface area contributed by atoms with Crippen molar-refractivity contribution < 1.29 is 0 Å². The molecule has 0 radical (unpaired) electrons. The van der Waals surface area contributed by atoms with Crippen LogP contribution in [-0.4, -0.2) is 6.21 Å². The summed E-state index contributed by atoms with van der Waals surface area (Å²) in [5.74, 6) is 0. The van der Waals surface area contributed by atoms with E-state index in [-0.39, 0.29) is 0 Å². The molecular weight excluding hydrogens is 400 g/mol. The third-order valence-electron chi connectivity index (χ3n) is 5.46. The number of hydrogen-bond acceptors (Lipinski definition) is 2. The zero-order valence-corrected chi connectivity index (χ0v) is 17.7. The lowest BCUT2D eigenvalue weighted by atomic mass is 9.97. The highest BCUT2D eigenvalue weighted by atomic mass is 35.5. The normalized spacial score (nSPS) is 11.4. The monoisotopic (exact) mass is 420 g/mol. The van der Waals surface area contributed by atoms with Crippen LogP contribution in [-0.2, 0) is 6.54 Å². The van der Waals surface area contributed by atoms with Gasteiger partial charge in [-0.3, -0.25) is 5.01 Å². The number of anilines is 1. The maximum absolute atomic E-state index is 6.76. The lowest BCUT2D eigenvalue weighted by molar-refractivity contribution is 0.859. The second kappa shape index (κ2) is 8.63. The standard InChI is InChI=1S/C28H21ClN2/c29-28-25-17-9-7-15-23(25)27(24-16-8-10-18-26(24)28)19-30-31(22-13-5-2-6-14-22)20-21-11-3-1-4-12-21/h1-19H,20H2. The molecule has 0 aromatic heterocycles. The second-order valence-corrected chi connectivity index (χ2v) is 7.82. The average Bonchev–Trinajstić information content (AvgIpc) is 2.84. The fraction of sp³-hybridized carbons (Fsp3) is 0.0357.